The van der Waals surface area contributed by atoms with Gasteiger partial charge in [0.2, 0.25) is 0 Å². The lowest BCUT2D eigenvalue weighted by Gasteiger charge is -2.16. The van der Waals surface area contributed by atoms with E-state index >= 15 is 0 Å². The second-order valence-electron chi connectivity index (χ2n) is 4.67. The van der Waals surface area contributed by atoms with E-state index in [1.807, 2.05) is 12.1 Å². The van der Waals surface area contributed by atoms with E-state index in [1.165, 1.54) is 23.9 Å². The lowest BCUT2D eigenvalue weighted by atomic mass is 10.1. The molecule has 2 aromatic rings. The van der Waals surface area contributed by atoms with E-state index in [9.17, 15) is 0 Å². The molecule has 1 unspecified atom stereocenters. The van der Waals surface area contributed by atoms with Crippen LogP contribution in [0, 0.1) is 5.92 Å². The van der Waals surface area contributed by atoms with Crippen molar-refractivity contribution in [1.82, 2.24) is 25.3 Å². The molecule has 2 aromatic heterocycles. The van der Waals surface area contributed by atoms with Gasteiger partial charge < -0.3 is 5.32 Å². The van der Waals surface area contributed by atoms with Crippen LogP contribution in [-0.4, -0.2) is 31.3 Å². The Hall–Kier alpha value is -1.72. The number of rotatable bonds is 5. The summed E-state index contributed by atoms with van der Waals surface area (Å²) in [6.07, 6.45) is 5.13. The lowest BCUT2D eigenvalue weighted by molar-refractivity contribution is 0.582. The number of hydrogen-bond donors (Lipinski definition) is 1. The van der Waals surface area contributed by atoms with Crippen molar-refractivity contribution < 1.29 is 0 Å². The molecular weight excluding hydrogens is 216 g/mol. The Bertz CT molecular complexity index is 503. The second-order valence-corrected chi connectivity index (χ2v) is 4.67. The van der Waals surface area contributed by atoms with E-state index in [1.54, 1.807) is 0 Å². The molecular formula is C11H16N6. The van der Waals surface area contributed by atoms with Gasteiger partial charge in [0.25, 0.3) is 0 Å². The van der Waals surface area contributed by atoms with E-state index in [2.05, 4.69) is 32.9 Å². The zero-order chi connectivity index (χ0) is 11.7. The van der Waals surface area contributed by atoms with Crippen LogP contribution >= 0.6 is 0 Å². The Morgan fingerprint density at radius 2 is 2.35 bits per heavy atom. The summed E-state index contributed by atoms with van der Waals surface area (Å²) in [5.41, 5.74) is 0.672. The van der Waals surface area contributed by atoms with Gasteiger partial charge in [-0.25, -0.2) is 0 Å². The number of nitrogens with zero attached hydrogens (tertiary/aromatic N) is 5. The van der Waals surface area contributed by atoms with Crippen LogP contribution in [-0.2, 0) is 0 Å². The number of aromatic nitrogens is 5. The number of tetrazole rings is 1. The first-order valence-corrected chi connectivity index (χ1v) is 6.17. The van der Waals surface area contributed by atoms with Gasteiger partial charge in [0.15, 0.2) is 5.65 Å². The van der Waals surface area contributed by atoms with Crippen LogP contribution in [0.5, 0.6) is 0 Å². The molecule has 90 valence electrons. The van der Waals surface area contributed by atoms with Crippen LogP contribution in [0.25, 0.3) is 5.65 Å². The summed E-state index contributed by atoms with van der Waals surface area (Å²) in [6, 6.07) is 4.31. The zero-order valence-electron chi connectivity index (χ0n) is 9.87. The van der Waals surface area contributed by atoms with Gasteiger partial charge in [0.05, 0.1) is 0 Å². The quantitative estimate of drug-likeness (QED) is 0.846. The van der Waals surface area contributed by atoms with Crippen LogP contribution < -0.4 is 5.32 Å². The Balaban J connectivity index is 1.72. The molecule has 0 radical (unpaired) electrons. The zero-order valence-corrected chi connectivity index (χ0v) is 9.87. The minimum Gasteiger partial charge on any atom is -0.366 e. The predicted octanol–water partition coefficient (Wildman–Crippen LogP) is 1.51. The Kier molecular flexibility index (Phi) is 2.62. The molecule has 1 atom stereocenters. The van der Waals surface area contributed by atoms with Crippen molar-refractivity contribution in [2.24, 2.45) is 5.92 Å². The Morgan fingerprint density at radius 1 is 1.47 bits per heavy atom. The van der Waals surface area contributed by atoms with Crippen LogP contribution in [0.3, 0.4) is 0 Å². The molecule has 1 N–H and O–H groups in total. The highest BCUT2D eigenvalue weighted by atomic mass is 15.6. The van der Waals surface area contributed by atoms with Crippen LogP contribution in [0.2, 0.25) is 0 Å². The topological polar surface area (TPSA) is 68.0 Å². The summed E-state index contributed by atoms with van der Waals surface area (Å²) < 4.78 is 1.45. The number of anilines is 1. The third-order valence-electron chi connectivity index (χ3n) is 3.23. The van der Waals surface area contributed by atoms with Crippen molar-refractivity contribution in [3.8, 4) is 0 Å². The van der Waals surface area contributed by atoms with Gasteiger partial charge in [-0.05, 0) is 41.3 Å². The average molecular weight is 232 g/mol. The maximum absolute atomic E-state index is 4.32. The van der Waals surface area contributed by atoms with E-state index < -0.39 is 0 Å². The highest BCUT2D eigenvalue weighted by Gasteiger charge is 2.24. The van der Waals surface area contributed by atoms with Crippen molar-refractivity contribution in [3.63, 3.8) is 0 Å². The summed E-state index contributed by atoms with van der Waals surface area (Å²) in [5.74, 6) is 1.77. The molecule has 3 rings (SSSR count). The van der Waals surface area contributed by atoms with Gasteiger partial charge in [0.1, 0.15) is 5.82 Å². The molecule has 6 nitrogen and oxygen atoms in total. The lowest BCUT2D eigenvalue weighted by Crippen LogP contribution is -2.20. The van der Waals surface area contributed by atoms with Crippen LogP contribution in [0.4, 0.5) is 5.82 Å². The van der Waals surface area contributed by atoms with Gasteiger partial charge in [0, 0.05) is 6.04 Å². The minimum atomic E-state index is 0.504. The third-order valence-corrected chi connectivity index (χ3v) is 3.23. The Morgan fingerprint density at radius 3 is 3.12 bits per heavy atom. The fraction of sp³-hybridized carbons (Fsp3) is 0.636. The average Bonchev–Trinajstić information content (AvgIpc) is 3.04. The SMILES string of the molecule is CCC(CC1CC1)Nc1ccc2nnnn2n1. The van der Waals surface area contributed by atoms with Gasteiger partial charge in [-0.2, -0.15) is 0 Å². The van der Waals surface area contributed by atoms with Crippen molar-refractivity contribution in [2.45, 2.75) is 38.6 Å². The smallest absolute Gasteiger partial charge is 0.200 e. The first-order chi connectivity index (χ1) is 8.35. The molecule has 0 amide bonds. The van der Waals surface area contributed by atoms with E-state index in [0.29, 0.717) is 11.7 Å². The van der Waals surface area contributed by atoms with Crippen LogP contribution in [0.1, 0.15) is 32.6 Å². The summed E-state index contributed by atoms with van der Waals surface area (Å²) in [5, 5.41) is 19.0. The van der Waals surface area contributed by atoms with Crippen molar-refractivity contribution in [2.75, 3.05) is 5.32 Å². The molecule has 0 spiro atoms. The molecule has 0 saturated heterocycles. The highest BCUT2D eigenvalue weighted by molar-refractivity contribution is 5.42. The first-order valence-electron chi connectivity index (χ1n) is 6.17. The summed E-state index contributed by atoms with van der Waals surface area (Å²) in [7, 11) is 0. The maximum Gasteiger partial charge on any atom is 0.200 e. The summed E-state index contributed by atoms with van der Waals surface area (Å²) >= 11 is 0. The van der Waals surface area contributed by atoms with Crippen molar-refractivity contribution in [1.29, 1.82) is 0 Å². The Labute approximate surface area is 99.4 Å². The molecule has 6 heteroatoms. The molecule has 1 aliphatic carbocycles. The van der Waals surface area contributed by atoms with Crippen molar-refractivity contribution >= 4 is 11.5 Å². The van der Waals surface area contributed by atoms with Gasteiger partial charge in [-0.3, -0.25) is 0 Å². The molecule has 0 aromatic carbocycles. The fourth-order valence-corrected chi connectivity index (χ4v) is 2.02. The largest absolute Gasteiger partial charge is 0.366 e. The first kappa shape index (κ1) is 10.4. The van der Waals surface area contributed by atoms with E-state index in [0.717, 1.165) is 18.2 Å². The molecule has 1 aliphatic rings. The minimum absolute atomic E-state index is 0.504. The standard InChI is InChI=1S/C11H16N6/c1-2-9(7-8-3-4-8)12-10-5-6-11-13-15-16-17(11)14-10/h5-6,8-9H,2-4,7H2,1H3,(H,12,14). The van der Waals surface area contributed by atoms with E-state index in [4.69, 9.17) is 0 Å². The molecule has 0 bridgehead atoms. The second kappa shape index (κ2) is 4.27. The van der Waals surface area contributed by atoms with Gasteiger partial charge >= 0.3 is 0 Å². The normalized spacial score (nSPS) is 17.2. The predicted molar refractivity (Wildman–Crippen MR) is 63.6 cm³/mol. The maximum atomic E-state index is 4.32. The molecule has 17 heavy (non-hydrogen) atoms. The molecule has 1 fully saturated rings. The third kappa shape index (κ3) is 2.35. The molecule has 0 aliphatic heterocycles. The molecule has 2 heterocycles. The van der Waals surface area contributed by atoms with Gasteiger partial charge in [-0.1, -0.05) is 19.8 Å². The van der Waals surface area contributed by atoms with Crippen LogP contribution in [0.15, 0.2) is 12.1 Å². The monoisotopic (exact) mass is 232 g/mol. The number of hydrogen-bond acceptors (Lipinski definition) is 5. The van der Waals surface area contributed by atoms with Gasteiger partial charge in [-0.15, -0.1) is 14.8 Å². The highest BCUT2D eigenvalue weighted by Crippen LogP contribution is 2.34. The number of nitrogens with one attached hydrogen (secondary N) is 1. The molecule has 1 saturated carbocycles. The summed E-state index contributed by atoms with van der Waals surface area (Å²) in [6.45, 7) is 2.20. The number of fused-ring (bicyclic) bond motifs is 1. The fourth-order valence-electron chi connectivity index (χ4n) is 2.02. The summed E-state index contributed by atoms with van der Waals surface area (Å²) in [4.78, 5) is 0. The van der Waals surface area contributed by atoms with Crippen molar-refractivity contribution in [3.05, 3.63) is 12.1 Å². The van der Waals surface area contributed by atoms with E-state index in [-0.39, 0.29) is 0 Å².